The van der Waals surface area contributed by atoms with Crippen molar-refractivity contribution in [3.63, 3.8) is 0 Å². The SMILES string of the molecule is COc1c(Br)cc(Cl)cc1C(Br)CC1CCCCC1. The Morgan fingerprint density at radius 1 is 1.32 bits per heavy atom. The lowest BCUT2D eigenvalue weighted by atomic mass is 9.85. The van der Waals surface area contributed by atoms with Crippen LogP contribution < -0.4 is 4.74 Å². The van der Waals surface area contributed by atoms with Crippen molar-refractivity contribution in [3.05, 3.63) is 27.2 Å². The first-order valence-electron chi connectivity index (χ1n) is 6.78. The van der Waals surface area contributed by atoms with E-state index in [1.54, 1.807) is 7.11 Å². The Morgan fingerprint density at radius 3 is 2.63 bits per heavy atom. The largest absolute Gasteiger partial charge is 0.495 e. The first-order valence-corrected chi connectivity index (χ1v) is 8.87. The van der Waals surface area contributed by atoms with E-state index in [0.29, 0.717) is 4.83 Å². The molecule has 4 heteroatoms. The summed E-state index contributed by atoms with van der Waals surface area (Å²) in [6, 6.07) is 3.89. The van der Waals surface area contributed by atoms with Crippen molar-refractivity contribution < 1.29 is 4.74 Å². The zero-order valence-electron chi connectivity index (χ0n) is 11.1. The van der Waals surface area contributed by atoms with E-state index in [4.69, 9.17) is 16.3 Å². The van der Waals surface area contributed by atoms with Gasteiger partial charge in [-0.2, -0.15) is 0 Å². The fourth-order valence-corrected chi connectivity index (χ4v) is 4.74. The van der Waals surface area contributed by atoms with Gasteiger partial charge in [0.1, 0.15) is 5.75 Å². The third-order valence-corrected chi connectivity index (χ3v) is 5.52. The monoisotopic (exact) mass is 408 g/mol. The maximum Gasteiger partial charge on any atom is 0.137 e. The molecule has 1 aliphatic carbocycles. The second-order valence-corrected chi connectivity index (χ2v) is 7.61. The standard InChI is InChI=1S/C15H19Br2ClO/c1-19-15-12(8-11(18)9-14(15)17)13(16)7-10-5-3-2-4-6-10/h8-10,13H,2-7H2,1H3. The Bertz CT molecular complexity index is 430. The highest BCUT2D eigenvalue weighted by Gasteiger charge is 2.22. The number of halogens is 3. The van der Waals surface area contributed by atoms with Gasteiger partial charge < -0.3 is 4.74 Å². The molecule has 0 heterocycles. The Hall–Kier alpha value is 0.270. The number of methoxy groups -OCH3 is 1. The molecular formula is C15H19Br2ClO. The fraction of sp³-hybridized carbons (Fsp3) is 0.600. The van der Waals surface area contributed by atoms with Gasteiger partial charge >= 0.3 is 0 Å². The number of alkyl halides is 1. The molecule has 1 fully saturated rings. The van der Waals surface area contributed by atoms with Crippen LogP contribution in [0.25, 0.3) is 0 Å². The third kappa shape index (κ3) is 4.12. The molecule has 1 aliphatic rings. The molecule has 1 unspecified atom stereocenters. The molecule has 0 amide bonds. The van der Waals surface area contributed by atoms with Crippen molar-refractivity contribution in [2.75, 3.05) is 7.11 Å². The van der Waals surface area contributed by atoms with Crippen LogP contribution in [-0.2, 0) is 0 Å². The van der Waals surface area contributed by atoms with Crippen molar-refractivity contribution in [2.24, 2.45) is 5.92 Å². The van der Waals surface area contributed by atoms with Gasteiger partial charge in [0.15, 0.2) is 0 Å². The fourth-order valence-electron chi connectivity index (χ4n) is 2.87. The van der Waals surface area contributed by atoms with Gasteiger partial charge in [0, 0.05) is 15.4 Å². The third-order valence-electron chi connectivity index (χ3n) is 3.84. The molecule has 0 aliphatic heterocycles. The van der Waals surface area contributed by atoms with Crippen LogP contribution in [0, 0.1) is 5.92 Å². The summed E-state index contributed by atoms with van der Waals surface area (Å²) in [4.78, 5) is 0.306. The Labute approximate surface area is 137 Å². The van der Waals surface area contributed by atoms with Gasteiger partial charge in [-0.15, -0.1) is 0 Å². The molecule has 1 atom stereocenters. The van der Waals surface area contributed by atoms with Gasteiger partial charge in [-0.1, -0.05) is 59.6 Å². The van der Waals surface area contributed by atoms with Crippen molar-refractivity contribution in [2.45, 2.75) is 43.4 Å². The lowest BCUT2D eigenvalue weighted by molar-refractivity contribution is 0.335. The summed E-state index contributed by atoms with van der Waals surface area (Å²) in [7, 11) is 1.71. The maximum atomic E-state index is 6.16. The average Bonchev–Trinajstić information content (AvgIpc) is 2.39. The summed E-state index contributed by atoms with van der Waals surface area (Å²) >= 11 is 13.5. The summed E-state index contributed by atoms with van der Waals surface area (Å²) in [5.41, 5.74) is 1.15. The highest BCUT2D eigenvalue weighted by molar-refractivity contribution is 9.10. The molecule has 1 nitrogen and oxygen atoms in total. The lowest BCUT2D eigenvalue weighted by Crippen LogP contribution is -2.09. The Balaban J connectivity index is 2.15. The van der Waals surface area contributed by atoms with E-state index in [1.807, 2.05) is 12.1 Å². The zero-order chi connectivity index (χ0) is 13.8. The van der Waals surface area contributed by atoms with Gasteiger partial charge in [-0.3, -0.25) is 0 Å². The molecule has 0 radical (unpaired) electrons. The molecule has 0 bridgehead atoms. The summed E-state index contributed by atoms with van der Waals surface area (Å²) in [5, 5.41) is 0.746. The van der Waals surface area contributed by atoms with Crippen LogP contribution in [0.3, 0.4) is 0 Å². The van der Waals surface area contributed by atoms with Crippen LogP contribution in [-0.4, -0.2) is 7.11 Å². The van der Waals surface area contributed by atoms with Crippen LogP contribution in [0.15, 0.2) is 16.6 Å². The molecular weight excluding hydrogens is 391 g/mol. The predicted octanol–water partition coefficient (Wildman–Crippen LogP) is 6.52. The van der Waals surface area contributed by atoms with Gasteiger partial charge in [-0.25, -0.2) is 0 Å². The van der Waals surface area contributed by atoms with E-state index >= 15 is 0 Å². The van der Waals surface area contributed by atoms with E-state index in [9.17, 15) is 0 Å². The molecule has 1 aromatic rings. The minimum Gasteiger partial charge on any atom is -0.495 e. The molecule has 0 aromatic heterocycles. The molecule has 2 rings (SSSR count). The second kappa shape index (κ2) is 7.33. The van der Waals surface area contributed by atoms with Crippen molar-refractivity contribution in [3.8, 4) is 5.75 Å². The number of hydrogen-bond donors (Lipinski definition) is 0. The predicted molar refractivity (Wildman–Crippen MR) is 88.6 cm³/mol. The summed E-state index contributed by atoms with van der Waals surface area (Å²) < 4.78 is 6.43. The average molecular weight is 411 g/mol. The molecule has 1 aromatic carbocycles. The van der Waals surface area contributed by atoms with E-state index in [2.05, 4.69) is 31.9 Å². The summed E-state index contributed by atoms with van der Waals surface area (Å²) in [5.74, 6) is 1.71. The van der Waals surface area contributed by atoms with E-state index in [-0.39, 0.29) is 0 Å². The Kier molecular flexibility index (Phi) is 6.04. The van der Waals surface area contributed by atoms with Crippen LogP contribution in [0.4, 0.5) is 0 Å². The van der Waals surface area contributed by atoms with Crippen LogP contribution in [0.2, 0.25) is 5.02 Å². The number of ether oxygens (including phenoxy) is 1. The van der Waals surface area contributed by atoms with Gasteiger partial charge in [0.25, 0.3) is 0 Å². The van der Waals surface area contributed by atoms with E-state index < -0.39 is 0 Å². The smallest absolute Gasteiger partial charge is 0.137 e. The Morgan fingerprint density at radius 2 is 2.00 bits per heavy atom. The number of hydrogen-bond acceptors (Lipinski definition) is 1. The number of rotatable bonds is 4. The zero-order valence-corrected chi connectivity index (χ0v) is 15.0. The van der Waals surface area contributed by atoms with Crippen molar-refractivity contribution in [1.29, 1.82) is 0 Å². The van der Waals surface area contributed by atoms with Crippen LogP contribution in [0.5, 0.6) is 5.75 Å². The lowest BCUT2D eigenvalue weighted by Gasteiger charge is -2.25. The normalized spacial score (nSPS) is 18.3. The summed E-state index contributed by atoms with van der Waals surface area (Å²) in [6.07, 6.45) is 8.01. The second-order valence-electron chi connectivity index (χ2n) is 5.22. The number of benzene rings is 1. The van der Waals surface area contributed by atoms with E-state index in [1.165, 1.54) is 32.1 Å². The highest BCUT2D eigenvalue weighted by Crippen LogP contribution is 2.43. The summed E-state index contributed by atoms with van der Waals surface area (Å²) in [6.45, 7) is 0. The molecule has 0 saturated heterocycles. The molecule has 19 heavy (non-hydrogen) atoms. The highest BCUT2D eigenvalue weighted by atomic mass is 79.9. The topological polar surface area (TPSA) is 9.23 Å². The van der Waals surface area contributed by atoms with Crippen molar-refractivity contribution in [1.82, 2.24) is 0 Å². The van der Waals surface area contributed by atoms with Crippen LogP contribution >= 0.6 is 43.5 Å². The first-order chi connectivity index (χ1) is 9.11. The minimum atomic E-state index is 0.306. The molecule has 106 valence electrons. The van der Waals surface area contributed by atoms with Gasteiger partial charge in [0.05, 0.1) is 11.6 Å². The van der Waals surface area contributed by atoms with Crippen LogP contribution in [0.1, 0.15) is 48.9 Å². The first kappa shape index (κ1) is 15.7. The quantitative estimate of drug-likeness (QED) is 0.514. The molecule has 0 spiro atoms. The molecule has 0 N–H and O–H groups in total. The van der Waals surface area contributed by atoms with Gasteiger partial charge in [0.2, 0.25) is 0 Å². The van der Waals surface area contributed by atoms with Gasteiger partial charge in [-0.05, 0) is 40.4 Å². The van der Waals surface area contributed by atoms with E-state index in [0.717, 1.165) is 33.1 Å². The van der Waals surface area contributed by atoms with Crippen molar-refractivity contribution >= 4 is 43.5 Å². The minimum absolute atomic E-state index is 0.306. The molecule has 1 saturated carbocycles. The maximum absolute atomic E-state index is 6.16.